The Morgan fingerprint density at radius 2 is 1.69 bits per heavy atom. The highest BCUT2D eigenvalue weighted by Gasteiger charge is 2.29. The summed E-state index contributed by atoms with van der Waals surface area (Å²) in [5.74, 6) is 0.562. The molecule has 0 spiro atoms. The van der Waals surface area contributed by atoms with Crippen LogP contribution in [0.1, 0.15) is 41.7 Å². The molecule has 8 heteroatoms. The van der Waals surface area contributed by atoms with Gasteiger partial charge in [-0.15, -0.1) is 0 Å². The normalized spacial score (nSPS) is 15.7. The number of amides is 1. The maximum atomic E-state index is 13.0. The molecule has 1 aliphatic heterocycles. The van der Waals surface area contributed by atoms with Gasteiger partial charge in [0, 0.05) is 18.7 Å². The lowest BCUT2D eigenvalue weighted by Gasteiger charge is -2.19. The van der Waals surface area contributed by atoms with Gasteiger partial charge in [0.2, 0.25) is 10.0 Å². The highest BCUT2D eigenvalue weighted by atomic mass is 32.2. The van der Waals surface area contributed by atoms with Crippen molar-refractivity contribution in [1.29, 1.82) is 0 Å². The van der Waals surface area contributed by atoms with E-state index >= 15 is 0 Å². The third-order valence-electron chi connectivity index (χ3n) is 5.07. The van der Waals surface area contributed by atoms with Gasteiger partial charge in [-0.1, -0.05) is 18.2 Å². The standard InChI is InChI=1S/C21H26N2O5S/c1-15(17-8-4-5-9-19(17)27-2)22-21(24)18-14-16(10-11-20(18)28-3)29(25,26)23-12-6-7-13-23/h4-5,8-11,14-15H,6-7,12-13H2,1-3H3,(H,22,24). The predicted octanol–water partition coefficient (Wildman–Crippen LogP) is 2.98. The first kappa shape index (κ1) is 21.1. The molecule has 1 amide bonds. The van der Waals surface area contributed by atoms with Gasteiger partial charge in [-0.3, -0.25) is 4.79 Å². The maximum absolute atomic E-state index is 13.0. The number of rotatable bonds is 7. The number of hydrogen-bond donors (Lipinski definition) is 1. The van der Waals surface area contributed by atoms with E-state index in [2.05, 4.69) is 5.32 Å². The second kappa shape index (κ2) is 8.84. The molecule has 1 saturated heterocycles. The van der Waals surface area contributed by atoms with Crippen molar-refractivity contribution in [3.05, 3.63) is 53.6 Å². The summed E-state index contributed by atoms with van der Waals surface area (Å²) in [5.41, 5.74) is 0.998. The molecule has 1 unspecified atom stereocenters. The quantitative estimate of drug-likeness (QED) is 0.747. The van der Waals surface area contributed by atoms with Crippen molar-refractivity contribution in [2.75, 3.05) is 27.3 Å². The zero-order valence-corrected chi connectivity index (χ0v) is 17.7. The lowest BCUT2D eigenvalue weighted by atomic mass is 10.1. The summed E-state index contributed by atoms with van der Waals surface area (Å²) in [6.45, 7) is 2.84. The van der Waals surface area contributed by atoms with E-state index in [0.717, 1.165) is 18.4 Å². The van der Waals surface area contributed by atoms with Gasteiger partial charge in [-0.05, 0) is 44.0 Å². The highest BCUT2D eigenvalue weighted by molar-refractivity contribution is 7.89. The molecule has 0 bridgehead atoms. The summed E-state index contributed by atoms with van der Waals surface area (Å²) < 4.78 is 37.9. The minimum Gasteiger partial charge on any atom is -0.496 e. The van der Waals surface area contributed by atoms with Gasteiger partial charge in [0.05, 0.1) is 30.7 Å². The summed E-state index contributed by atoms with van der Waals surface area (Å²) >= 11 is 0. The van der Waals surface area contributed by atoms with E-state index in [1.807, 2.05) is 31.2 Å². The molecule has 2 aromatic rings. The first-order valence-electron chi connectivity index (χ1n) is 9.50. The smallest absolute Gasteiger partial charge is 0.255 e. The lowest BCUT2D eigenvalue weighted by molar-refractivity contribution is 0.0936. The van der Waals surface area contributed by atoms with Crippen molar-refractivity contribution >= 4 is 15.9 Å². The third kappa shape index (κ3) is 4.38. The molecule has 0 saturated carbocycles. The molecule has 0 radical (unpaired) electrons. The van der Waals surface area contributed by atoms with Crippen molar-refractivity contribution in [3.8, 4) is 11.5 Å². The van der Waals surface area contributed by atoms with Crippen LogP contribution in [0.3, 0.4) is 0 Å². The predicted molar refractivity (Wildman–Crippen MR) is 110 cm³/mol. The minimum absolute atomic E-state index is 0.0929. The van der Waals surface area contributed by atoms with Crippen LogP contribution < -0.4 is 14.8 Å². The fourth-order valence-electron chi connectivity index (χ4n) is 3.48. The van der Waals surface area contributed by atoms with E-state index in [1.165, 1.54) is 29.6 Å². The Bertz CT molecular complexity index is 984. The van der Waals surface area contributed by atoms with Crippen LogP contribution >= 0.6 is 0 Å². The van der Waals surface area contributed by atoms with E-state index in [-0.39, 0.29) is 16.5 Å². The number of carbonyl (C=O) groups excluding carboxylic acids is 1. The Hall–Kier alpha value is -2.58. The van der Waals surface area contributed by atoms with Crippen molar-refractivity contribution in [1.82, 2.24) is 9.62 Å². The van der Waals surface area contributed by atoms with Gasteiger partial charge in [-0.25, -0.2) is 8.42 Å². The Balaban J connectivity index is 1.89. The molecule has 0 aromatic heterocycles. The SMILES string of the molecule is COc1ccc(S(=O)(=O)N2CCCC2)cc1C(=O)NC(C)c1ccccc1OC. The van der Waals surface area contributed by atoms with Crippen molar-refractivity contribution in [2.24, 2.45) is 0 Å². The van der Waals surface area contributed by atoms with Gasteiger partial charge in [0.15, 0.2) is 0 Å². The zero-order chi connectivity index (χ0) is 21.0. The molecule has 7 nitrogen and oxygen atoms in total. The minimum atomic E-state index is -3.63. The van der Waals surface area contributed by atoms with E-state index in [9.17, 15) is 13.2 Å². The second-order valence-corrected chi connectivity index (χ2v) is 8.85. The number of nitrogens with zero attached hydrogens (tertiary/aromatic N) is 1. The Morgan fingerprint density at radius 3 is 2.34 bits per heavy atom. The van der Waals surface area contributed by atoms with Crippen LogP contribution in [-0.2, 0) is 10.0 Å². The monoisotopic (exact) mass is 418 g/mol. The maximum Gasteiger partial charge on any atom is 0.255 e. The van der Waals surface area contributed by atoms with Crippen LogP contribution in [0.4, 0.5) is 0 Å². The molecule has 1 N–H and O–H groups in total. The average molecular weight is 419 g/mol. The summed E-state index contributed by atoms with van der Waals surface area (Å²) in [4.78, 5) is 13.1. The number of benzene rings is 2. The fraction of sp³-hybridized carbons (Fsp3) is 0.381. The fourth-order valence-corrected chi connectivity index (χ4v) is 5.02. The van der Waals surface area contributed by atoms with Crippen LogP contribution in [0.2, 0.25) is 0 Å². The number of methoxy groups -OCH3 is 2. The molecular weight excluding hydrogens is 392 g/mol. The Morgan fingerprint density at radius 1 is 1.03 bits per heavy atom. The molecule has 1 aliphatic rings. The van der Waals surface area contributed by atoms with Gasteiger partial charge in [0.25, 0.3) is 5.91 Å². The molecular formula is C21H26N2O5S. The van der Waals surface area contributed by atoms with E-state index in [4.69, 9.17) is 9.47 Å². The number of hydrogen-bond acceptors (Lipinski definition) is 5. The summed E-state index contributed by atoms with van der Waals surface area (Å²) in [6, 6.07) is 11.4. The lowest BCUT2D eigenvalue weighted by Crippen LogP contribution is -2.29. The first-order chi connectivity index (χ1) is 13.9. The average Bonchev–Trinajstić information content (AvgIpc) is 3.29. The van der Waals surface area contributed by atoms with Gasteiger partial charge >= 0.3 is 0 Å². The van der Waals surface area contributed by atoms with Crippen LogP contribution in [0.25, 0.3) is 0 Å². The molecule has 2 aromatic carbocycles. The number of sulfonamides is 1. The van der Waals surface area contributed by atoms with Crippen LogP contribution in [0.15, 0.2) is 47.4 Å². The first-order valence-corrected chi connectivity index (χ1v) is 10.9. The van der Waals surface area contributed by atoms with Gasteiger partial charge < -0.3 is 14.8 Å². The molecule has 1 fully saturated rings. The Kier molecular flexibility index (Phi) is 6.44. The van der Waals surface area contributed by atoms with Crippen molar-refractivity contribution in [2.45, 2.75) is 30.7 Å². The number of para-hydroxylation sites is 1. The van der Waals surface area contributed by atoms with Crippen molar-refractivity contribution < 1.29 is 22.7 Å². The topological polar surface area (TPSA) is 84.9 Å². The number of nitrogens with one attached hydrogen (secondary N) is 1. The molecule has 0 aliphatic carbocycles. The van der Waals surface area contributed by atoms with Crippen LogP contribution in [-0.4, -0.2) is 45.9 Å². The van der Waals surface area contributed by atoms with E-state index < -0.39 is 15.9 Å². The molecule has 156 valence electrons. The van der Waals surface area contributed by atoms with Crippen LogP contribution in [0, 0.1) is 0 Å². The second-order valence-electron chi connectivity index (χ2n) is 6.91. The van der Waals surface area contributed by atoms with Gasteiger partial charge in [0.1, 0.15) is 11.5 Å². The van der Waals surface area contributed by atoms with Crippen molar-refractivity contribution in [3.63, 3.8) is 0 Å². The summed E-state index contributed by atoms with van der Waals surface area (Å²) in [7, 11) is -0.612. The number of carbonyl (C=O) groups is 1. The zero-order valence-electron chi connectivity index (χ0n) is 16.8. The molecule has 1 heterocycles. The molecule has 1 atom stereocenters. The Labute approximate surface area is 171 Å². The summed E-state index contributed by atoms with van der Waals surface area (Å²) in [6.07, 6.45) is 1.69. The molecule has 3 rings (SSSR count). The third-order valence-corrected chi connectivity index (χ3v) is 6.97. The van der Waals surface area contributed by atoms with E-state index in [1.54, 1.807) is 7.11 Å². The largest absolute Gasteiger partial charge is 0.496 e. The van der Waals surface area contributed by atoms with E-state index in [0.29, 0.717) is 24.6 Å². The van der Waals surface area contributed by atoms with Gasteiger partial charge in [-0.2, -0.15) is 4.31 Å². The number of ether oxygens (including phenoxy) is 2. The van der Waals surface area contributed by atoms with Crippen LogP contribution in [0.5, 0.6) is 11.5 Å². The highest BCUT2D eigenvalue weighted by Crippen LogP contribution is 2.28. The molecule has 29 heavy (non-hydrogen) atoms. The summed E-state index contributed by atoms with van der Waals surface area (Å²) in [5, 5.41) is 2.90.